The molecule has 2 nitrogen and oxygen atoms in total. The van der Waals surface area contributed by atoms with Crippen LogP contribution in [0.5, 0.6) is 0 Å². The first kappa shape index (κ1) is 12.6. The first-order valence-electron chi connectivity index (χ1n) is 6.63. The highest BCUT2D eigenvalue weighted by atomic mass is 15.2. The van der Waals surface area contributed by atoms with E-state index in [0.717, 1.165) is 19.5 Å². The molecule has 1 aliphatic heterocycles. The maximum absolute atomic E-state index is 5.85. The molecular weight excluding hydrogens is 208 g/mol. The number of hydrogen-bond acceptors (Lipinski definition) is 2. The Morgan fingerprint density at radius 3 is 2.59 bits per heavy atom. The molecule has 0 saturated carbocycles. The van der Waals surface area contributed by atoms with Gasteiger partial charge in [0.2, 0.25) is 0 Å². The molecule has 0 bridgehead atoms. The van der Waals surface area contributed by atoms with E-state index in [4.69, 9.17) is 5.73 Å². The van der Waals surface area contributed by atoms with Crippen molar-refractivity contribution in [2.75, 3.05) is 19.6 Å². The Kier molecular flexibility index (Phi) is 3.85. The molecule has 0 aromatic heterocycles. The number of likely N-dealkylation sites (tertiary alicyclic amines) is 1. The SMILES string of the molecule is CC1(C)C(CN)CCN1CCc1ccccc1. The number of nitrogens with two attached hydrogens (primary N) is 1. The fourth-order valence-electron chi connectivity index (χ4n) is 2.93. The minimum atomic E-state index is 0.267. The smallest absolute Gasteiger partial charge is 0.0194 e. The van der Waals surface area contributed by atoms with Crippen LogP contribution in [-0.4, -0.2) is 30.1 Å². The Morgan fingerprint density at radius 1 is 1.29 bits per heavy atom. The highest BCUT2D eigenvalue weighted by molar-refractivity contribution is 5.15. The summed E-state index contributed by atoms with van der Waals surface area (Å²) in [6.45, 7) is 7.83. The molecule has 17 heavy (non-hydrogen) atoms. The summed E-state index contributed by atoms with van der Waals surface area (Å²) in [4.78, 5) is 2.59. The molecule has 0 spiro atoms. The molecule has 1 aromatic carbocycles. The van der Waals surface area contributed by atoms with Gasteiger partial charge in [-0.05, 0) is 51.3 Å². The van der Waals surface area contributed by atoms with E-state index < -0.39 is 0 Å². The number of nitrogens with zero attached hydrogens (tertiary/aromatic N) is 1. The Bertz CT molecular complexity index is 345. The van der Waals surface area contributed by atoms with Gasteiger partial charge in [-0.25, -0.2) is 0 Å². The maximum atomic E-state index is 5.85. The fraction of sp³-hybridized carbons (Fsp3) is 0.600. The largest absolute Gasteiger partial charge is 0.330 e. The van der Waals surface area contributed by atoms with Crippen LogP contribution in [0.3, 0.4) is 0 Å². The Balaban J connectivity index is 1.92. The highest BCUT2D eigenvalue weighted by Crippen LogP contribution is 2.33. The zero-order chi connectivity index (χ0) is 12.3. The summed E-state index contributed by atoms with van der Waals surface area (Å²) in [5.74, 6) is 0.651. The molecule has 1 aromatic rings. The monoisotopic (exact) mass is 232 g/mol. The molecule has 1 unspecified atom stereocenters. The van der Waals surface area contributed by atoms with Crippen LogP contribution in [0.25, 0.3) is 0 Å². The lowest BCUT2D eigenvalue weighted by Crippen LogP contribution is -2.45. The molecule has 2 N–H and O–H groups in total. The van der Waals surface area contributed by atoms with Gasteiger partial charge in [-0.15, -0.1) is 0 Å². The quantitative estimate of drug-likeness (QED) is 0.863. The van der Waals surface area contributed by atoms with E-state index >= 15 is 0 Å². The fourth-order valence-corrected chi connectivity index (χ4v) is 2.93. The first-order valence-corrected chi connectivity index (χ1v) is 6.63. The van der Waals surface area contributed by atoms with Crippen LogP contribution in [0.1, 0.15) is 25.8 Å². The predicted molar refractivity (Wildman–Crippen MR) is 73.0 cm³/mol. The van der Waals surface area contributed by atoms with Crippen LogP contribution < -0.4 is 5.73 Å². The van der Waals surface area contributed by atoms with Crippen molar-refractivity contribution in [2.45, 2.75) is 32.2 Å². The second-order valence-corrected chi connectivity index (χ2v) is 5.60. The van der Waals surface area contributed by atoms with E-state index in [1.165, 1.54) is 18.5 Å². The topological polar surface area (TPSA) is 29.3 Å². The number of benzene rings is 1. The molecule has 1 heterocycles. The zero-order valence-corrected chi connectivity index (χ0v) is 11.0. The molecular formula is C15H24N2. The Labute approximate surface area is 105 Å². The molecule has 0 radical (unpaired) electrons. The van der Waals surface area contributed by atoms with E-state index in [1.807, 2.05) is 0 Å². The van der Waals surface area contributed by atoms with Crippen molar-refractivity contribution in [3.8, 4) is 0 Å². The summed E-state index contributed by atoms with van der Waals surface area (Å²) < 4.78 is 0. The standard InChI is InChI=1S/C15H24N2/c1-15(2)14(12-16)9-11-17(15)10-8-13-6-4-3-5-7-13/h3-7,14H,8-12,16H2,1-2H3. The third-order valence-corrected chi connectivity index (χ3v) is 4.36. The van der Waals surface area contributed by atoms with Gasteiger partial charge in [-0.1, -0.05) is 30.3 Å². The van der Waals surface area contributed by atoms with E-state index in [0.29, 0.717) is 5.92 Å². The van der Waals surface area contributed by atoms with Crippen LogP contribution in [0.4, 0.5) is 0 Å². The molecule has 1 fully saturated rings. The van der Waals surface area contributed by atoms with Gasteiger partial charge in [0.25, 0.3) is 0 Å². The van der Waals surface area contributed by atoms with E-state index in [1.54, 1.807) is 0 Å². The molecule has 1 aliphatic rings. The highest BCUT2D eigenvalue weighted by Gasteiger charge is 2.39. The van der Waals surface area contributed by atoms with Crippen LogP contribution in [0.15, 0.2) is 30.3 Å². The molecule has 1 atom stereocenters. The lowest BCUT2D eigenvalue weighted by Gasteiger charge is -2.35. The van der Waals surface area contributed by atoms with Gasteiger partial charge >= 0.3 is 0 Å². The second kappa shape index (κ2) is 5.19. The van der Waals surface area contributed by atoms with Gasteiger partial charge in [0.15, 0.2) is 0 Å². The zero-order valence-electron chi connectivity index (χ0n) is 11.0. The van der Waals surface area contributed by atoms with E-state index in [9.17, 15) is 0 Å². The molecule has 0 amide bonds. The summed E-state index contributed by atoms with van der Waals surface area (Å²) in [7, 11) is 0. The van der Waals surface area contributed by atoms with Gasteiger partial charge in [0.05, 0.1) is 0 Å². The summed E-state index contributed by atoms with van der Waals surface area (Å²) in [6, 6.07) is 10.7. The van der Waals surface area contributed by atoms with Gasteiger partial charge in [0, 0.05) is 12.1 Å². The summed E-state index contributed by atoms with van der Waals surface area (Å²) >= 11 is 0. The maximum Gasteiger partial charge on any atom is 0.0194 e. The van der Waals surface area contributed by atoms with Crippen LogP contribution in [0.2, 0.25) is 0 Å². The summed E-state index contributed by atoms with van der Waals surface area (Å²) in [6.07, 6.45) is 2.39. The summed E-state index contributed by atoms with van der Waals surface area (Å²) in [5, 5.41) is 0. The van der Waals surface area contributed by atoms with E-state index in [-0.39, 0.29) is 5.54 Å². The molecule has 0 aliphatic carbocycles. The molecule has 2 heteroatoms. The van der Waals surface area contributed by atoms with E-state index in [2.05, 4.69) is 49.1 Å². The van der Waals surface area contributed by atoms with Crippen molar-refractivity contribution in [3.05, 3.63) is 35.9 Å². The first-order chi connectivity index (χ1) is 8.14. The third-order valence-electron chi connectivity index (χ3n) is 4.36. The van der Waals surface area contributed by atoms with Crippen LogP contribution in [-0.2, 0) is 6.42 Å². The van der Waals surface area contributed by atoms with Crippen LogP contribution >= 0.6 is 0 Å². The molecule has 2 rings (SSSR count). The van der Waals surface area contributed by atoms with Gasteiger partial charge in [-0.3, -0.25) is 4.90 Å². The average molecular weight is 232 g/mol. The lowest BCUT2D eigenvalue weighted by atomic mass is 9.88. The van der Waals surface area contributed by atoms with Crippen molar-refractivity contribution in [1.82, 2.24) is 4.90 Å². The number of hydrogen-bond donors (Lipinski definition) is 1. The van der Waals surface area contributed by atoms with Crippen molar-refractivity contribution < 1.29 is 0 Å². The lowest BCUT2D eigenvalue weighted by molar-refractivity contribution is 0.142. The predicted octanol–water partition coefficient (Wildman–Crippen LogP) is 2.29. The second-order valence-electron chi connectivity index (χ2n) is 5.60. The molecule has 1 saturated heterocycles. The summed E-state index contributed by atoms with van der Waals surface area (Å²) in [5.41, 5.74) is 7.55. The minimum absolute atomic E-state index is 0.267. The van der Waals surface area contributed by atoms with Crippen molar-refractivity contribution >= 4 is 0 Å². The average Bonchev–Trinajstić information content (AvgIpc) is 2.62. The van der Waals surface area contributed by atoms with Gasteiger partial charge in [0.1, 0.15) is 0 Å². The minimum Gasteiger partial charge on any atom is -0.330 e. The van der Waals surface area contributed by atoms with Crippen LogP contribution in [0, 0.1) is 5.92 Å². The number of rotatable bonds is 4. The van der Waals surface area contributed by atoms with Gasteiger partial charge in [-0.2, -0.15) is 0 Å². The normalized spacial score (nSPS) is 24.1. The van der Waals surface area contributed by atoms with Gasteiger partial charge < -0.3 is 5.73 Å². The van der Waals surface area contributed by atoms with Crippen molar-refractivity contribution in [3.63, 3.8) is 0 Å². The van der Waals surface area contributed by atoms with Crippen molar-refractivity contribution in [1.29, 1.82) is 0 Å². The third kappa shape index (κ3) is 2.70. The molecule has 94 valence electrons. The Morgan fingerprint density at radius 2 is 2.00 bits per heavy atom. The Hall–Kier alpha value is -0.860. The van der Waals surface area contributed by atoms with Crippen molar-refractivity contribution in [2.24, 2.45) is 11.7 Å².